The maximum atomic E-state index is 12.2. The molecule has 0 saturated heterocycles. The van der Waals surface area contributed by atoms with Gasteiger partial charge in [0.05, 0.1) is 17.7 Å². The molecule has 0 fully saturated rings. The van der Waals surface area contributed by atoms with Crippen LogP contribution in [0.2, 0.25) is 0 Å². The largest absolute Gasteiger partial charge is 0.494 e. The highest BCUT2D eigenvalue weighted by Gasteiger charge is 2.12. The fourth-order valence-corrected chi connectivity index (χ4v) is 3.26. The molecule has 0 saturated carbocycles. The molecular weight excluding hydrogens is 350 g/mol. The standard InChI is InChI=1S/C19H25N3O3S/c1-4-22(5-2)17-9-7-16(8-10-17)15-20-21-26(23,24)19-13-11-18(12-14-19)25-6-3/h7-15,21H,4-6H2,1-3H3/b20-15+. The summed E-state index contributed by atoms with van der Waals surface area (Å²) in [6.45, 7) is 8.48. The van der Waals surface area contributed by atoms with Gasteiger partial charge in [0, 0.05) is 18.8 Å². The fraction of sp³-hybridized carbons (Fsp3) is 0.316. The first-order valence-corrected chi connectivity index (χ1v) is 10.1. The highest BCUT2D eigenvalue weighted by Crippen LogP contribution is 2.16. The molecular formula is C19H25N3O3S. The average molecular weight is 375 g/mol. The van der Waals surface area contributed by atoms with E-state index in [1.807, 2.05) is 31.2 Å². The molecule has 0 heterocycles. The lowest BCUT2D eigenvalue weighted by Crippen LogP contribution is -2.21. The Morgan fingerprint density at radius 1 is 1.00 bits per heavy atom. The van der Waals surface area contributed by atoms with E-state index in [0.29, 0.717) is 12.4 Å². The lowest BCUT2D eigenvalue weighted by atomic mass is 10.2. The number of hydrogen-bond acceptors (Lipinski definition) is 5. The third-order valence-electron chi connectivity index (χ3n) is 3.85. The van der Waals surface area contributed by atoms with Crippen molar-refractivity contribution in [3.63, 3.8) is 0 Å². The minimum absolute atomic E-state index is 0.134. The zero-order valence-electron chi connectivity index (χ0n) is 15.3. The van der Waals surface area contributed by atoms with Crippen LogP contribution in [0, 0.1) is 0 Å². The highest BCUT2D eigenvalue weighted by atomic mass is 32.2. The second kappa shape index (κ2) is 9.24. The van der Waals surface area contributed by atoms with Crippen molar-refractivity contribution in [1.29, 1.82) is 0 Å². The quantitative estimate of drug-likeness (QED) is 0.539. The number of hydrazone groups is 1. The monoisotopic (exact) mass is 375 g/mol. The number of sulfonamides is 1. The van der Waals surface area contributed by atoms with Crippen LogP contribution in [0.25, 0.3) is 0 Å². The van der Waals surface area contributed by atoms with Gasteiger partial charge in [-0.15, -0.1) is 0 Å². The molecule has 0 amide bonds. The van der Waals surface area contributed by atoms with Gasteiger partial charge in [0.15, 0.2) is 0 Å². The number of nitrogens with zero attached hydrogens (tertiary/aromatic N) is 2. The Balaban J connectivity index is 2.02. The van der Waals surface area contributed by atoms with Crippen LogP contribution >= 0.6 is 0 Å². The molecule has 0 aromatic heterocycles. The molecule has 2 aromatic rings. The predicted octanol–water partition coefficient (Wildman–Crippen LogP) is 3.24. The highest BCUT2D eigenvalue weighted by molar-refractivity contribution is 7.89. The molecule has 6 nitrogen and oxygen atoms in total. The topological polar surface area (TPSA) is 71.0 Å². The minimum atomic E-state index is -3.70. The normalized spacial score (nSPS) is 11.5. The molecule has 140 valence electrons. The summed E-state index contributed by atoms with van der Waals surface area (Å²) in [5, 5.41) is 3.86. The van der Waals surface area contributed by atoms with Crippen LogP contribution in [0.3, 0.4) is 0 Å². The van der Waals surface area contributed by atoms with Gasteiger partial charge in [0.25, 0.3) is 10.0 Å². The summed E-state index contributed by atoms with van der Waals surface area (Å²) in [5.74, 6) is 0.628. The van der Waals surface area contributed by atoms with E-state index in [-0.39, 0.29) is 4.90 Å². The van der Waals surface area contributed by atoms with Gasteiger partial charge in [-0.05, 0) is 62.7 Å². The summed E-state index contributed by atoms with van der Waals surface area (Å²) >= 11 is 0. The maximum Gasteiger partial charge on any atom is 0.276 e. The molecule has 2 rings (SSSR count). The van der Waals surface area contributed by atoms with Crippen molar-refractivity contribution >= 4 is 21.9 Å². The van der Waals surface area contributed by atoms with Crippen LogP contribution in [-0.4, -0.2) is 34.3 Å². The molecule has 0 bridgehead atoms. The Morgan fingerprint density at radius 3 is 2.15 bits per heavy atom. The Kier molecular flexibility index (Phi) is 7.03. The Hall–Kier alpha value is -2.54. The van der Waals surface area contributed by atoms with Crippen molar-refractivity contribution in [2.45, 2.75) is 25.7 Å². The average Bonchev–Trinajstić information content (AvgIpc) is 2.64. The number of hydrogen-bond donors (Lipinski definition) is 1. The van der Waals surface area contributed by atoms with Gasteiger partial charge in [-0.3, -0.25) is 0 Å². The summed E-state index contributed by atoms with van der Waals surface area (Å²) < 4.78 is 29.8. The van der Waals surface area contributed by atoms with Crippen LogP contribution in [0.15, 0.2) is 58.5 Å². The minimum Gasteiger partial charge on any atom is -0.494 e. The predicted molar refractivity (Wildman–Crippen MR) is 106 cm³/mol. The molecule has 2 aromatic carbocycles. The summed E-state index contributed by atoms with van der Waals surface area (Å²) in [5.41, 5.74) is 1.94. The Labute approximate surface area is 155 Å². The molecule has 7 heteroatoms. The van der Waals surface area contributed by atoms with E-state index < -0.39 is 10.0 Å². The van der Waals surface area contributed by atoms with Crippen LogP contribution < -0.4 is 14.5 Å². The van der Waals surface area contributed by atoms with E-state index >= 15 is 0 Å². The second-order valence-corrected chi connectivity index (χ2v) is 7.18. The summed E-state index contributed by atoms with van der Waals surface area (Å²) in [6, 6.07) is 14.0. The SMILES string of the molecule is CCOc1ccc(S(=O)(=O)N/N=C/c2ccc(N(CC)CC)cc2)cc1. The fourth-order valence-electron chi connectivity index (χ4n) is 2.46. The molecule has 0 spiro atoms. The van der Waals surface area contributed by atoms with E-state index in [4.69, 9.17) is 4.74 Å². The van der Waals surface area contributed by atoms with Gasteiger partial charge >= 0.3 is 0 Å². The first-order valence-electron chi connectivity index (χ1n) is 8.62. The zero-order valence-corrected chi connectivity index (χ0v) is 16.2. The molecule has 0 aliphatic heterocycles. The van der Waals surface area contributed by atoms with Crippen LogP contribution in [0.5, 0.6) is 5.75 Å². The van der Waals surface area contributed by atoms with Crippen molar-refractivity contribution in [2.75, 3.05) is 24.6 Å². The van der Waals surface area contributed by atoms with E-state index in [9.17, 15) is 8.42 Å². The lowest BCUT2D eigenvalue weighted by Gasteiger charge is -2.20. The van der Waals surface area contributed by atoms with Gasteiger partial charge in [-0.25, -0.2) is 4.83 Å². The van der Waals surface area contributed by atoms with Gasteiger partial charge in [0.1, 0.15) is 5.75 Å². The van der Waals surface area contributed by atoms with Gasteiger partial charge < -0.3 is 9.64 Å². The smallest absolute Gasteiger partial charge is 0.276 e. The Morgan fingerprint density at radius 2 is 1.62 bits per heavy atom. The van der Waals surface area contributed by atoms with Crippen LogP contribution in [0.4, 0.5) is 5.69 Å². The number of benzene rings is 2. The summed E-state index contributed by atoms with van der Waals surface area (Å²) in [4.78, 5) is 4.59. The number of nitrogens with one attached hydrogen (secondary N) is 1. The van der Waals surface area contributed by atoms with Gasteiger partial charge in [0.2, 0.25) is 0 Å². The number of rotatable bonds is 9. The van der Waals surface area contributed by atoms with Crippen LogP contribution in [-0.2, 0) is 10.0 Å². The van der Waals surface area contributed by atoms with E-state index in [0.717, 1.165) is 24.3 Å². The van der Waals surface area contributed by atoms with Gasteiger partial charge in [-0.1, -0.05) is 12.1 Å². The maximum absolute atomic E-state index is 12.2. The van der Waals surface area contributed by atoms with Crippen LogP contribution in [0.1, 0.15) is 26.3 Å². The first kappa shape index (κ1) is 19.8. The molecule has 0 aliphatic carbocycles. The third-order valence-corrected chi connectivity index (χ3v) is 5.09. The van der Waals surface area contributed by atoms with Crippen molar-refractivity contribution in [3.05, 3.63) is 54.1 Å². The van der Waals surface area contributed by atoms with E-state index in [1.165, 1.54) is 18.3 Å². The molecule has 0 aliphatic rings. The summed E-state index contributed by atoms with van der Waals surface area (Å²) in [6.07, 6.45) is 1.48. The zero-order chi connectivity index (χ0) is 19.0. The third kappa shape index (κ3) is 5.23. The van der Waals surface area contributed by atoms with Crippen molar-refractivity contribution in [3.8, 4) is 5.75 Å². The number of anilines is 1. The molecule has 1 N–H and O–H groups in total. The lowest BCUT2D eigenvalue weighted by molar-refractivity contribution is 0.340. The molecule has 26 heavy (non-hydrogen) atoms. The second-order valence-electron chi connectivity index (χ2n) is 5.52. The van der Waals surface area contributed by atoms with Crippen molar-refractivity contribution < 1.29 is 13.2 Å². The Bertz CT molecular complexity index is 812. The molecule has 0 radical (unpaired) electrons. The molecule has 0 unspecified atom stereocenters. The van der Waals surface area contributed by atoms with Crippen molar-refractivity contribution in [2.24, 2.45) is 5.10 Å². The number of ether oxygens (including phenoxy) is 1. The summed E-state index contributed by atoms with van der Waals surface area (Å²) in [7, 11) is -3.70. The van der Waals surface area contributed by atoms with E-state index in [2.05, 4.69) is 28.7 Å². The molecule has 0 atom stereocenters. The van der Waals surface area contributed by atoms with E-state index in [1.54, 1.807) is 12.1 Å². The van der Waals surface area contributed by atoms with Gasteiger partial charge in [-0.2, -0.15) is 13.5 Å². The first-order chi connectivity index (χ1) is 12.5. The van der Waals surface area contributed by atoms with Crippen molar-refractivity contribution in [1.82, 2.24) is 4.83 Å².